The standard InChI is InChI=1S/C13H20ClN3/c1-10-15-12(14)9-13(16-10)17-11-7-5-3-2-4-6-8-11/h9,11H,2-8H2,1H3,(H,15,16,17). The van der Waals surface area contributed by atoms with Crippen molar-refractivity contribution in [2.45, 2.75) is 57.9 Å². The van der Waals surface area contributed by atoms with Crippen molar-refractivity contribution in [1.82, 2.24) is 9.97 Å². The van der Waals surface area contributed by atoms with Crippen molar-refractivity contribution in [1.29, 1.82) is 0 Å². The summed E-state index contributed by atoms with van der Waals surface area (Å²) in [6, 6.07) is 2.36. The third-order valence-corrected chi connectivity index (χ3v) is 3.46. The fourth-order valence-electron chi connectivity index (χ4n) is 2.41. The van der Waals surface area contributed by atoms with E-state index in [4.69, 9.17) is 11.6 Å². The monoisotopic (exact) mass is 253 g/mol. The molecule has 4 heteroatoms. The van der Waals surface area contributed by atoms with Crippen LogP contribution in [0.2, 0.25) is 5.15 Å². The van der Waals surface area contributed by atoms with Crippen LogP contribution < -0.4 is 5.32 Å². The number of hydrogen-bond acceptors (Lipinski definition) is 3. The molecule has 1 fully saturated rings. The SMILES string of the molecule is Cc1nc(Cl)cc(NC2CCCCCCC2)n1. The molecule has 0 saturated heterocycles. The molecule has 94 valence electrons. The lowest BCUT2D eigenvalue weighted by molar-refractivity contribution is 0.470. The number of anilines is 1. The summed E-state index contributed by atoms with van der Waals surface area (Å²) in [6.45, 7) is 1.87. The largest absolute Gasteiger partial charge is 0.367 e. The minimum atomic E-state index is 0.519. The van der Waals surface area contributed by atoms with Gasteiger partial charge in [-0.3, -0.25) is 0 Å². The maximum atomic E-state index is 5.94. The van der Waals surface area contributed by atoms with Gasteiger partial charge in [0.1, 0.15) is 16.8 Å². The summed E-state index contributed by atoms with van der Waals surface area (Å²) in [5.41, 5.74) is 0. The molecule has 0 unspecified atom stereocenters. The molecule has 2 rings (SSSR count). The maximum Gasteiger partial charge on any atom is 0.134 e. The summed E-state index contributed by atoms with van der Waals surface area (Å²) >= 11 is 5.94. The summed E-state index contributed by atoms with van der Waals surface area (Å²) in [4.78, 5) is 8.45. The van der Waals surface area contributed by atoms with Gasteiger partial charge in [0.2, 0.25) is 0 Å². The summed E-state index contributed by atoms with van der Waals surface area (Å²) in [5.74, 6) is 1.60. The molecule has 1 saturated carbocycles. The zero-order chi connectivity index (χ0) is 12.1. The van der Waals surface area contributed by atoms with Crippen LogP contribution >= 0.6 is 11.6 Å². The van der Waals surface area contributed by atoms with Gasteiger partial charge in [-0.25, -0.2) is 9.97 Å². The van der Waals surface area contributed by atoms with E-state index in [9.17, 15) is 0 Å². The second kappa shape index (κ2) is 6.20. The molecule has 1 heterocycles. The molecule has 0 spiro atoms. The van der Waals surface area contributed by atoms with Gasteiger partial charge in [0.25, 0.3) is 0 Å². The third kappa shape index (κ3) is 4.15. The van der Waals surface area contributed by atoms with Crippen LogP contribution in [0.3, 0.4) is 0 Å². The van der Waals surface area contributed by atoms with Gasteiger partial charge in [-0.05, 0) is 19.8 Å². The predicted octanol–water partition coefficient (Wildman–Crippen LogP) is 3.96. The van der Waals surface area contributed by atoms with Gasteiger partial charge in [0, 0.05) is 12.1 Å². The third-order valence-electron chi connectivity index (χ3n) is 3.26. The summed E-state index contributed by atoms with van der Waals surface area (Å²) in [6.07, 6.45) is 9.22. The highest BCUT2D eigenvalue weighted by atomic mass is 35.5. The van der Waals surface area contributed by atoms with E-state index in [1.807, 2.05) is 13.0 Å². The fourth-order valence-corrected chi connectivity index (χ4v) is 2.64. The zero-order valence-electron chi connectivity index (χ0n) is 10.4. The van der Waals surface area contributed by atoms with Crippen LogP contribution in [0.15, 0.2) is 6.07 Å². The first-order valence-corrected chi connectivity index (χ1v) is 6.89. The summed E-state index contributed by atoms with van der Waals surface area (Å²) in [7, 11) is 0. The van der Waals surface area contributed by atoms with Gasteiger partial charge >= 0.3 is 0 Å². The second-order valence-electron chi connectivity index (χ2n) is 4.81. The number of nitrogens with zero attached hydrogens (tertiary/aromatic N) is 2. The molecular formula is C13H20ClN3. The number of hydrogen-bond donors (Lipinski definition) is 1. The van der Waals surface area contributed by atoms with Crippen LogP contribution in [0, 0.1) is 6.92 Å². The molecule has 0 aromatic carbocycles. The molecule has 0 bridgehead atoms. The average molecular weight is 254 g/mol. The lowest BCUT2D eigenvalue weighted by Crippen LogP contribution is -2.21. The van der Waals surface area contributed by atoms with E-state index >= 15 is 0 Å². The highest BCUT2D eigenvalue weighted by Crippen LogP contribution is 2.21. The Kier molecular flexibility index (Phi) is 4.60. The molecule has 0 aliphatic heterocycles. The molecule has 3 nitrogen and oxygen atoms in total. The van der Waals surface area contributed by atoms with E-state index in [2.05, 4.69) is 15.3 Å². The van der Waals surface area contributed by atoms with Gasteiger partial charge in [-0.2, -0.15) is 0 Å². The molecule has 1 aromatic heterocycles. The number of halogens is 1. The normalized spacial score (nSPS) is 18.5. The van der Waals surface area contributed by atoms with Gasteiger partial charge in [-0.1, -0.05) is 43.7 Å². The van der Waals surface area contributed by atoms with E-state index < -0.39 is 0 Å². The zero-order valence-corrected chi connectivity index (χ0v) is 11.1. The van der Waals surface area contributed by atoms with E-state index in [0.29, 0.717) is 11.2 Å². The van der Waals surface area contributed by atoms with Gasteiger partial charge in [0.05, 0.1) is 0 Å². The average Bonchev–Trinajstić information content (AvgIpc) is 2.20. The van der Waals surface area contributed by atoms with Crippen LogP contribution in [0.1, 0.15) is 50.8 Å². The molecule has 1 aliphatic rings. The Hall–Kier alpha value is -0.830. The number of aryl methyl sites for hydroxylation is 1. The Morgan fingerprint density at radius 1 is 1.12 bits per heavy atom. The minimum Gasteiger partial charge on any atom is -0.367 e. The topological polar surface area (TPSA) is 37.8 Å². The van der Waals surface area contributed by atoms with E-state index in [1.54, 1.807) is 0 Å². The first-order valence-electron chi connectivity index (χ1n) is 6.52. The van der Waals surface area contributed by atoms with Crippen LogP contribution in [-0.4, -0.2) is 16.0 Å². The van der Waals surface area contributed by atoms with E-state index in [-0.39, 0.29) is 0 Å². The van der Waals surface area contributed by atoms with Crippen molar-refractivity contribution in [3.05, 3.63) is 17.0 Å². The fraction of sp³-hybridized carbons (Fsp3) is 0.692. The smallest absolute Gasteiger partial charge is 0.134 e. The van der Waals surface area contributed by atoms with E-state index in [1.165, 1.54) is 44.9 Å². The van der Waals surface area contributed by atoms with Crippen molar-refractivity contribution >= 4 is 17.4 Å². The molecule has 0 atom stereocenters. The lowest BCUT2D eigenvalue weighted by atomic mass is 9.97. The molecular weight excluding hydrogens is 234 g/mol. The van der Waals surface area contributed by atoms with Crippen molar-refractivity contribution in [2.75, 3.05) is 5.32 Å². The Morgan fingerprint density at radius 2 is 1.76 bits per heavy atom. The second-order valence-corrected chi connectivity index (χ2v) is 5.20. The Morgan fingerprint density at radius 3 is 2.41 bits per heavy atom. The maximum absolute atomic E-state index is 5.94. The number of nitrogens with one attached hydrogen (secondary N) is 1. The molecule has 0 amide bonds. The summed E-state index contributed by atoms with van der Waals surface area (Å²) in [5, 5.41) is 4.01. The highest BCUT2D eigenvalue weighted by Gasteiger charge is 2.12. The van der Waals surface area contributed by atoms with Crippen LogP contribution in [0.4, 0.5) is 5.82 Å². The van der Waals surface area contributed by atoms with Crippen molar-refractivity contribution in [2.24, 2.45) is 0 Å². The first kappa shape index (κ1) is 12.6. The minimum absolute atomic E-state index is 0.519. The highest BCUT2D eigenvalue weighted by molar-refractivity contribution is 6.29. The molecule has 1 aliphatic carbocycles. The molecule has 1 aromatic rings. The van der Waals surface area contributed by atoms with Crippen molar-refractivity contribution < 1.29 is 0 Å². The van der Waals surface area contributed by atoms with Crippen LogP contribution in [0.5, 0.6) is 0 Å². The number of rotatable bonds is 2. The Balaban J connectivity index is 1.97. The lowest BCUT2D eigenvalue weighted by Gasteiger charge is -2.21. The Bertz CT molecular complexity index is 339. The Labute approximate surface area is 108 Å². The van der Waals surface area contributed by atoms with Crippen LogP contribution in [-0.2, 0) is 0 Å². The molecule has 1 N–H and O–H groups in total. The van der Waals surface area contributed by atoms with Crippen molar-refractivity contribution in [3.63, 3.8) is 0 Å². The summed E-state index contributed by atoms with van der Waals surface area (Å²) < 4.78 is 0. The van der Waals surface area contributed by atoms with Gasteiger partial charge in [-0.15, -0.1) is 0 Å². The van der Waals surface area contributed by atoms with Crippen LogP contribution in [0.25, 0.3) is 0 Å². The first-order chi connectivity index (χ1) is 8.24. The molecule has 0 radical (unpaired) electrons. The quantitative estimate of drug-likeness (QED) is 0.811. The number of aromatic nitrogens is 2. The molecule has 17 heavy (non-hydrogen) atoms. The van der Waals surface area contributed by atoms with E-state index in [0.717, 1.165) is 11.6 Å². The van der Waals surface area contributed by atoms with Crippen molar-refractivity contribution in [3.8, 4) is 0 Å². The van der Waals surface area contributed by atoms with Gasteiger partial charge < -0.3 is 5.32 Å². The van der Waals surface area contributed by atoms with Gasteiger partial charge in [0.15, 0.2) is 0 Å². The predicted molar refractivity (Wildman–Crippen MR) is 71.5 cm³/mol.